The first-order valence-electron chi connectivity index (χ1n) is 9.34. The number of halogens is 15. The van der Waals surface area contributed by atoms with E-state index < -0.39 is 59.3 Å². The van der Waals surface area contributed by atoms with Gasteiger partial charge < -0.3 is 9.64 Å². The molecule has 1 atom stereocenters. The quantitative estimate of drug-likeness (QED) is 0.277. The highest BCUT2D eigenvalue weighted by Gasteiger charge is 2.93. The molecule has 1 rings (SSSR count). The Balaban J connectivity index is 3.57. The van der Waals surface area contributed by atoms with Crippen molar-refractivity contribution in [2.45, 2.75) is 60.7 Å². The average molecular weight is 561 g/mol. The van der Waals surface area contributed by atoms with Crippen molar-refractivity contribution >= 4 is 5.69 Å². The van der Waals surface area contributed by atoms with E-state index in [9.17, 15) is 65.9 Å². The van der Waals surface area contributed by atoms with Gasteiger partial charge in [0.1, 0.15) is 0 Å². The largest absolute Gasteiger partial charge is 0.460 e. The summed E-state index contributed by atoms with van der Waals surface area (Å²) in [6.07, 6.45) is -10.3. The SMILES string of the molecule is COC(C)(CC(F)(F)C(F)(F)C(F)(F)C(F)(F)C(F)(F)C(F)(F)C(F)(F)F)c1ccc(N(C)C)cc1. The van der Waals surface area contributed by atoms with Crippen LogP contribution in [0.25, 0.3) is 0 Å². The smallest absolute Gasteiger partial charge is 0.378 e. The number of hydrogen-bond donors (Lipinski definition) is 0. The molecule has 0 heterocycles. The average Bonchev–Trinajstić information content (AvgIpc) is 2.71. The highest BCUT2D eigenvalue weighted by atomic mass is 19.4. The monoisotopic (exact) mass is 561 g/mol. The van der Waals surface area contributed by atoms with Gasteiger partial charge in [-0.2, -0.15) is 65.9 Å². The molecule has 1 aromatic rings. The summed E-state index contributed by atoms with van der Waals surface area (Å²) in [5.41, 5.74) is -2.70. The molecule has 0 bridgehead atoms. The van der Waals surface area contributed by atoms with Crippen molar-refractivity contribution in [3.8, 4) is 0 Å². The number of anilines is 1. The number of ether oxygens (including phenoxy) is 1. The third kappa shape index (κ3) is 4.66. The first-order valence-corrected chi connectivity index (χ1v) is 9.34. The van der Waals surface area contributed by atoms with Gasteiger partial charge in [-0.25, -0.2) is 0 Å². The van der Waals surface area contributed by atoms with Crippen LogP contribution in [0, 0.1) is 0 Å². The fourth-order valence-electron chi connectivity index (χ4n) is 2.94. The predicted molar refractivity (Wildman–Crippen MR) is 95.5 cm³/mol. The molecule has 0 saturated carbocycles. The minimum absolute atomic E-state index is 0.410. The maximum absolute atomic E-state index is 14.4. The minimum atomic E-state index is -8.32. The van der Waals surface area contributed by atoms with Gasteiger partial charge in [0.2, 0.25) is 0 Å². The van der Waals surface area contributed by atoms with Gasteiger partial charge in [0.25, 0.3) is 0 Å². The first kappa shape index (κ1) is 32.0. The summed E-state index contributed by atoms with van der Waals surface area (Å²) in [5, 5.41) is 0. The number of alkyl halides is 15. The van der Waals surface area contributed by atoms with E-state index in [1.54, 1.807) is 0 Å². The number of nitrogens with zero attached hydrogens (tertiary/aromatic N) is 1. The summed E-state index contributed by atoms with van der Waals surface area (Å²) in [5.74, 6) is -46.7. The van der Waals surface area contributed by atoms with Gasteiger partial charge in [0.15, 0.2) is 0 Å². The van der Waals surface area contributed by atoms with E-state index in [1.165, 1.54) is 31.1 Å². The van der Waals surface area contributed by atoms with Crippen molar-refractivity contribution in [2.24, 2.45) is 0 Å². The lowest BCUT2D eigenvalue weighted by atomic mass is 9.83. The van der Waals surface area contributed by atoms with Gasteiger partial charge in [0, 0.05) is 26.9 Å². The number of rotatable bonds is 10. The molecule has 0 N–H and O–H groups in total. The molecule has 36 heavy (non-hydrogen) atoms. The molecule has 1 unspecified atom stereocenters. The Morgan fingerprint density at radius 2 is 0.972 bits per heavy atom. The Kier molecular flexibility index (Phi) is 8.03. The summed E-state index contributed by atoms with van der Waals surface area (Å²) in [4.78, 5) is 1.48. The second-order valence-electron chi connectivity index (χ2n) is 8.13. The Hall–Kier alpha value is -2.07. The van der Waals surface area contributed by atoms with Crippen LogP contribution in [0.2, 0.25) is 0 Å². The van der Waals surface area contributed by atoms with E-state index >= 15 is 0 Å². The van der Waals surface area contributed by atoms with Crippen molar-refractivity contribution in [2.75, 3.05) is 26.1 Å². The van der Waals surface area contributed by atoms with Gasteiger partial charge in [-0.15, -0.1) is 0 Å². The summed E-state index contributed by atoms with van der Waals surface area (Å²) < 4.78 is 206. The van der Waals surface area contributed by atoms with Crippen molar-refractivity contribution < 1.29 is 70.6 Å². The third-order valence-electron chi connectivity index (χ3n) is 5.40. The van der Waals surface area contributed by atoms with Crippen LogP contribution in [0.1, 0.15) is 18.9 Å². The molecule has 0 radical (unpaired) electrons. The Labute approximate surface area is 194 Å². The van der Waals surface area contributed by atoms with E-state index in [0.29, 0.717) is 19.7 Å². The maximum Gasteiger partial charge on any atom is 0.460 e. The van der Waals surface area contributed by atoms with Crippen molar-refractivity contribution in [3.05, 3.63) is 29.8 Å². The van der Waals surface area contributed by atoms with Crippen LogP contribution in [-0.2, 0) is 10.3 Å². The maximum atomic E-state index is 14.4. The van der Waals surface area contributed by atoms with Crippen LogP contribution in [0.4, 0.5) is 71.5 Å². The molecule has 2 nitrogen and oxygen atoms in total. The Bertz CT molecular complexity index is 908. The van der Waals surface area contributed by atoms with Gasteiger partial charge in [-0.1, -0.05) is 12.1 Å². The van der Waals surface area contributed by atoms with Crippen LogP contribution in [0.5, 0.6) is 0 Å². The van der Waals surface area contributed by atoms with E-state index in [2.05, 4.69) is 4.74 Å². The fraction of sp³-hybridized carbons (Fsp3) is 0.684. The zero-order valence-corrected chi connectivity index (χ0v) is 18.5. The molecule has 17 heteroatoms. The van der Waals surface area contributed by atoms with Crippen molar-refractivity contribution in [3.63, 3.8) is 0 Å². The molecule has 0 amide bonds. The molecule has 0 aliphatic carbocycles. The van der Waals surface area contributed by atoms with Crippen LogP contribution in [-0.4, -0.2) is 62.9 Å². The zero-order chi connectivity index (χ0) is 29.0. The zero-order valence-electron chi connectivity index (χ0n) is 18.5. The molecule has 0 aliphatic rings. The van der Waals surface area contributed by atoms with Gasteiger partial charge in [-0.3, -0.25) is 0 Å². The molecule has 0 spiro atoms. The van der Waals surface area contributed by atoms with Crippen molar-refractivity contribution in [1.29, 1.82) is 0 Å². The van der Waals surface area contributed by atoms with E-state index in [-0.39, 0.29) is 0 Å². The standard InChI is InChI=1S/C19H18F15NO/c1-12(36-4,10-5-7-11(8-6-10)35(2)3)9-13(20,21)14(22,23)15(24,25)16(26,27)17(28,29)18(30,31)19(32,33)34/h5-8H,9H2,1-4H3. The lowest BCUT2D eigenvalue weighted by Gasteiger charge is -2.43. The summed E-state index contributed by atoms with van der Waals surface area (Å²) in [6.45, 7) is 0.602. The summed E-state index contributed by atoms with van der Waals surface area (Å²) in [6, 6.07) is 4.40. The summed E-state index contributed by atoms with van der Waals surface area (Å²) >= 11 is 0. The fourth-order valence-corrected chi connectivity index (χ4v) is 2.94. The van der Waals surface area contributed by atoms with Gasteiger partial charge in [0.05, 0.1) is 12.0 Å². The number of hydrogen-bond acceptors (Lipinski definition) is 2. The second kappa shape index (κ2) is 9.04. The molecule has 0 aliphatic heterocycles. The Morgan fingerprint density at radius 3 is 1.31 bits per heavy atom. The first-order chi connectivity index (χ1) is 15.7. The minimum Gasteiger partial charge on any atom is -0.378 e. The predicted octanol–water partition coefficient (Wildman–Crippen LogP) is 7.38. The van der Waals surface area contributed by atoms with E-state index in [0.717, 1.165) is 12.1 Å². The number of methoxy groups -OCH3 is 1. The van der Waals surface area contributed by atoms with E-state index in [1.807, 2.05) is 0 Å². The van der Waals surface area contributed by atoms with Gasteiger partial charge in [-0.05, 0) is 24.6 Å². The third-order valence-corrected chi connectivity index (χ3v) is 5.40. The molecule has 1 aromatic carbocycles. The Morgan fingerprint density at radius 1 is 0.611 bits per heavy atom. The molecule has 0 aromatic heterocycles. The van der Waals surface area contributed by atoms with Crippen LogP contribution < -0.4 is 4.90 Å². The second-order valence-corrected chi connectivity index (χ2v) is 8.13. The number of benzene rings is 1. The molecule has 210 valence electrons. The topological polar surface area (TPSA) is 12.5 Å². The van der Waals surface area contributed by atoms with Gasteiger partial charge >= 0.3 is 41.7 Å². The van der Waals surface area contributed by atoms with E-state index in [4.69, 9.17) is 0 Å². The van der Waals surface area contributed by atoms with Crippen LogP contribution in [0.15, 0.2) is 24.3 Å². The lowest BCUT2D eigenvalue weighted by molar-refractivity contribution is -0.453. The highest BCUT2D eigenvalue weighted by Crippen LogP contribution is 2.63. The normalized spacial score (nSPS) is 16.6. The molecular weight excluding hydrogens is 543 g/mol. The molecule has 0 saturated heterocycles. The van der Waals surface area contributed by atoms with Crippen LogP contribution >= 0.6 is 0 Å². The lowest BCUT2D eigenvalue weighted by Crippen LogP contribution is -2.72. The summed E-state index contributed by atoms with van der Waals surface area (Å²) in [7, 11) is 3.66. The highest BCUT2D eigenvalue weighted by molar-refractivity contribution is 5.47. The molecular formula is C19H18F15NO. The molecule has 0 fully saturated rings. The van der Waals surface area contributed by atoms with Crippen molar-refractivity contribution in [1.82, 2.24) is 0 Å². The van der Waals surface area contributed by atoms with Crippen LogP contribution in [0.3, 0.4) is 0 Å².